The molecule has 0 fully saturated rings. The van der Waals surface area contributed by atoms with Crippen molar-refractivity contribution in [3.63, 3.8) is 0 Å². The van der Waals surface area contributed by atoms with Gasteiger partial charge in [0.25, 0.3) is 0 Å². The smallest absolute Gasteiger partial charge is 0.414 e. The second-order valence-electron chi connectivity index (χ2n) is 3.23. The lowest BCUT2D eigenvalue weighted by molar-refractivity contribution is 0.170. The van der Waals surface area contributed by atoms with E-state index in [9.17, 15) is 9.90 Å². The normalized spacial score (nSPS) is 9.64. The van der Waals surface area contributed by atoms with Gasteiger partial charge in [-0.15, -0.1) is 0 Å². The quantitative estimate of drug-likeness (QED) is 0.742. The van der Waals surface area contributed by atoms with Gasteiger partial charge in [-0.25, -0.2) is 4.79 Å². The number of rotatable bonds is 1. The minimum absolute atomic E-state index is 0.0363. The van der Waals surface area contributed by atoms with Crippen LogP contribution in [-0.2, 0) is 0 Å². The fourth-order valence-corrected chi connectivity index (χ4v) is 0.888. The summed E-state index contributed by atoms with van der Waals surface area (Å²) in [5.74, 6) is 0.148. The highest BCUT2D eigenvalue weighted by molar-refractivity contribution is 5.71. The van der Waals surface area contributed by atoms with Crippen LogP contribution in [0.3, 0.4) is 0 Å². The van der Waals surface area contributed by atoms with Crippen LogP contribution in [0, 0.1) is 6.92 Å². The van der Waals surface area contributed by atoms with Gasteiger partial charge in [-0.2, -0.15) is 0 Å². The second-order valence-corrected chi connectivity index (χ2v) is 3.23. The molecule has 0 aliphatic heterocycles. The number of hydrogen-bond acceptors (Lipinski definition) is 3. The molecule has 4 nitrogen and oxygen atoms in total. The van der Waals surface area contributed by atoms with Gasteiger partial charge in [-0.1, -0.05) is 6.07 Å². The highest BCUT2D eigenvalue weighted by atomic mass is 16.6. The molecule has 1 aromatic rings. The maximum Gasteiger partial charge on any atom is 0.414 e. The summed E-state index contributed by atoms with van der Waals surface area (Å²) < 4.78 is 4.92. The largest absolute Gasteiger partial charge is 0.504 e. The first-order valence-corrected chi connectivity index (χ1v) is 4.19. The van der Waals surface area contributed by atoms with Crippen molar-refractivity contribution in [3.05, 3.63) is 23.8 Å². The molecule has 0 aliphatic carbocycles. The molecular weight excluding hydrogens is 182 g/mol. The number of aryl methyl sites for hydroxylation is 1. The summed E-state index contributed by atoms with van der Waals surface area (Å²) in [6.45, 7) is 1.85. The number of amides is 1. The molecular formula is C10H13NO3. The Kier molecular flexibility index (Phi) is 2.96. The minimum atomic E-state index is -0.508. The van der Waals surface area contributed by atoms with Crippen LogP contribution < -0.4 is 4.74 Å². The van der Waals surface area contributed by atoms with Crippen LogP contribution in [0.15, 0.2) is 18.2 Å². The number of ether oxygens (including phenoxy) is 1. The van der Waals surface area contributed by atoms with Crippen molar-refractivity contribution in [3.8, 4) is 11.5 Å². The first-order valence-electron chi connectivity index (χ1n) is 4.19. The van der Waals surface area contributed by atoms with E-state index in [0.29, 0.717) is 0 Å². The van der Waals surface area contributed by atoms with Gasteiger partial charge >= 0.3 is 6.09 Å². The fraction of sp³-hybridized carbons (Fsp3) is 0.300. The summed E-state index contributed by atoms with van der Waals surface area (Å²) in [5, 5.41) is 9.37. The number of nitrogens with zero attached hydrogens (tertiary/aromatic N) is 1. The molecule has 0 aromatic heterocycles. The average molecular weight is 195 g/mol. The van der Waals surface area contributed by atoms with Crippen LogP contribution in [-0.4, -0.2) is 30.2 Å². The standard InChI is InChI=1S/C10H13NO3/c1-7-4-5-8(12)9(6-7)14-10(13)11(2)3/h4-6,12H,1-3H3. The molecule has 0 spiro atoms. The van der Waals surface area contributed by atoms with Gasteiger partial charge in [-0.3, -0.25) is 0 Å². The molecule has 0 saturated heterocycles. The predicted octanol–water partition coefficient (Wildman–Crippen LogP) is 1.76. The highest BCUT2D eigenvalue weighted by Crippen LogP contribution is 2.26. The molecule has 0 atom stereocenters. The number of benzene rings is 1. The third kappa shape index (κ3) is 2.39. The number of hydrogen-bond donors (Lipinski definition) is 1. The van der Waals surface area contributed by atoms with Gasteiger partial charge in [0.15, 0.2) is 11.5 Å². The Labute approximate surface area is 82.7 Å². The average Bonchev–Trinajstić information content (AvgIpc) is 2.11. The minimum Gasteiger partial charge on any atom is -0.504 e. The van der Waals surface area contributed by atoms with Crippen molar-refractivity contribution in [2.24, 2.45) is 0 Å². The molecule has 76 valence electrons. The molecule has 0 heterocycles. The van der Waals surface area contributed by atoms with E-state index in [2.05, 4.69) is 0 Å². The summed E-state index contributed by atoms with van der Waals surface area (Å²) in [7, 11) is 3.16. The topological polar surface area (TPSA) is 49.8 Å². The van der Waals surface area contributed by atoms with Gasteiger partial charge in [0.1, 0.15) is 0 Å². The van der Waals surface area contributed by atoms with E-state index in [-0.39, 0.29) is 11.5 Å². The molecule has 1 N–H and O–H groups in total. The molecule has 0 unspecified atom stereocenters. The van der Waals surface area contributed by atoms with E-state index in [1.165, 1.54) is 11.0 Å². The Morgan fingerprint density at radius 1 is 1.43 bits per heavy atom. The van der Waals surface area contributed by atoms with E-state index < -0.39 is 6.09 Å². The Balaban J connectivity index is 2.86. The lowest BCUT2D eigenvalue weighted by Crippen LogP contribution is -2.25. The maximum absolute atomic E-state index is 11.2. The summed E-state index contributed by atoms with van der Waals surface area (Å²) in [5.41, 5.74) is 0.921. The number of phenolic OH excluding ortho intramolecular Hbond substituents is 1. The lowest BCUT2D eigenvalue weighted by Gasteiger charge is -2.11. The zero-order valence-corrected chi connectivity index (χ0v) is 8.44. The van der Waals surface area contributed by atoms with Crippen LogP contribution in [0.5, 0.6) is 11.5 Å². The number of carbonyl (C=O) groups is 1. The van der Waals surface area contributed by atoms with Crippen molar-refractivity contribution < 1.29 is 14.6 Å². The zero-order valence-electron chi connectivity index (χ0n) is 8.44. The van der Waals surface area contributed by atoms with E-state index in [0.717, 1.165) is 5.56 Å². The summed E-state index contributed by atoms with van der Waals surface area (Å²) in [6, 6.07) is 4.84. The molecule has 0 saturated carbocycles. The van der Waals surface area contributed by atoms with E-state index >= 15 is 0 Å². The first-order chi connectivity index (χ1) is 6.50. The maximum atomic E-state index is 11.2. The van der Waals surface area contributed by atoms with Crippen molar-refractivity contribution >= 4 is 6.09 Å². The fourth-order valence-electron chi connectivity index (χ4n) is 0.888. The molecule has 14 heavy (non-hydrogen) atoms. The molecule has 1 rings (SSSR count). The molecule has 4 heteroatoms. The van der Waals surface area contributed by atoms with E-state index in [1.807, 2.05) is 6.92 Å². The second kappa shape index (κ2) is 4.00. The SMILES string of the molecule is Cc1ccc(O)c(OC(=O)N(C)C)c1. The van der Waals surface area contributed by atoms with Crippen LogP contribution in [0.2, 0.25) is 0 Å². The van der Waals surface area contributed by atoms with Crippen molar-refractivity contribution in [2.75, 3.05) is 14.1 Å². The first kappa shape index (κ1) is 10.4. The monoisotopic (exact) mass is 195 g/mol. The van der Waals surface area contributed by atoms with E-state index in [4.69, 9.17) is 4.74 Å². The number of phenols is 1. The lowest BCUT2D eigenvalue weighted by atomic mass is 10.2. The highest BCUT2D eigenvalue weighted by Gasteiger charge is 2.10. The Morgan fingerprint density at radius 3 is 2.64 bits per heavy atom. The Morgan fingerprint density at radius 2 is 2.07 bits per heavy atom. The number of carbonyl (C=O) groups excluding carboxylic acids is 1. The molecule has 0 radical (unpaired) electrons. The van der Waals surface area contributed by atoms with Gasteiger partial charge in [-0.05, 0) is 24.6 Å². The van der Waals surface area contributed by atoms with Crippen LogP contribution in [0.1, 0.15) is 5.56 Å². The Bertz CT molecular complexity index is 347. The van der Waals surface area contributed by atoms with Crippen molar-refractivity contribution in [2.45, 2.75) is 6.92 Å². The summed E-state index contributed by atoms with van der Waals surface area (Å²) in [6.07, 6.45) is -0.508. The third-order valence-electron chi connectivity index (χ3n) is 1.68. The summed E-state index contributed by atoms with van der Waals surface area (Å²) >= 11 is 0. The van der Waals surface area contributed by atoms with Gasteiger partial charge in [0.05, 0.1) is 0 Å². The molecule has 1 amide bonds. The molecule has 1 aromatic carbocycles. The number of aromatic hydroxyl groups is 1. The van der Waals surface area contributed by atoms with Crippen molar-refractivity contribution in [1.82, 2.24) is 4.90 Å². The Hall–Kier alpha value is -1.71. The predicted molar refractivity (Wildman–Crippen MR) is 52.6 cm³/mol. The molecule has 0 bridgehead atoms. The van der Waals surface area contributed by atoms with Crippen LogP contribution >= 0.6 is 0 Å². The van der Waals surface area contributed by atoms with E-state index in [1.54, 1.807) is 26.2 Å². The van der Waals surface area contributed by atoms with Crippen LogP contribution in [0.25, 0.3) is 0 Å². The van der Waals surface area contributed by atoms with Gasteiger partial charge in [0.2, 0.25) is 0 Å². The van der Waals surface area contributed by atoms with Gasteiger partial charge < -0.3 is 14.7 Å². The third-order valence-corrected chi connectivity index (χ3v) is 1.68. The zero-order chi connectivity index (χ0) is 10.7. The molecule has 0 aliphatic rings. The summed E-state index contributed by atoms with van der Waals surface area (Å²) in [4.78, 5) is 12.5. The van der Waals surface area contributed by atoms with Crippen LogP contribution in [0.4, 0.5) is 4.79 Å². The van der Waals surface area contributed by atoms with Gasteiger partial charge in [0, 0.05) is 14.1 Å². The van der Waals surface area contributed by atoms with Crippen molar-refractivity contribution in [1.29, 1.82) is 0 Å².